The first-order valence-corrected chi connectivity index (χ1v) is 9.58. The fourth-order valence-electron chi connectivity index (χ4n) is 3.93. The van der Waals surface area contributed by atoms with Crippen LogP contribution in [0, 0.1) is 11.8 Å². The third kappa shape index (κ3) is 4.68. The number of carbonyl (C=O) groups is 1. The fourth-order valence-corrected chi connectivity index (χ4v) is 4.20. The van der Waals surface area contributed by atoms with Crippen LogP contribution in [-0.2, 0) is 4.79 Å². The van der Waals surface area contributed by atoms with E-state index >= 15 is 0 Å². The molecule has 2 N–H and O–H groups in total. The van der Waals surface area contributed by atoms with Crippen LogP contribution in [0.3, 0.4) is 0 Å². The number of nitrogens with zero attached hydrogens (tertiary/aromatic N) is 1. The molecule has 4 rings (SSSR count). The van der Waals surface area contributed by atoms with Gasteiger partial charge in [0.15, 0.2) is 0 Å². The highest BCUT2D eigenvalue weighted by Gasteiger charge is 2.42. The van der Waals surface area contributed by atoms with Crippen molar-refractivity contribution in [1.82, 2.24) is 15.5 Å². The summed E-state index contributed by atoms with van der Waals surface area (Å²) in [6.07, 6.45) is 5.16. The van der Waals surface area contributed by atoms with Crippen molar-refractivity contribution in [2.45, 2.75) is 37.8 Å². The number of nitrogens with one attached hydrogen (secondary N) is 2. The lowest BCUT2D eigenvalue weighted by atomic mass is 10.0. The first kappa shape index (κ1) is 19.0. The normalized spacial score (nSPS) is 24.0. The highest BCUT2D eigenvalue weighted by molar-refractivity contribution is 6.31. The van der Waals surface area contributed by atoms with E-state index in [0.717, 1.165) is 42.1 Å². The maximum atomic E-state index is 12.6. The minimum absolute atomic E-state index is 0. The highest BCUT2D eigenvalue weighted by atomic mass is 35.5. The van der Waals surface area contributed by atoms with Gasteiger partial charge in [-0.3, -0.25) is 9.69 Å². The Balaban J connectivity index is 0.00000182. The molecule has 0 bridgehead atoms. The van der Waals surface area contributed by atoms with Gasteiger partial charge in [-0.25, -0.2) is 0 Å². The van der Waals surface area contributed by atoms with Crippen molar-refractivity contribution in [2.24, 2.45) is 11.8 Å². The van der Waals surface area contributed by atoms with Crippen LogP contribution >= 0.6 is 24.0 Å². The van der Waals surface area contributed by atoms with Gasteiger partial charge in [0.2, 0.25) is 5.91 Å². The highest BCUT2D eigenvalue weighted by Crippen LogP contribution is 2.44. The van der Waals surface area contributed by atoms with Crippen molar-refractivity contribution < 1.29 is 4.79 Å². The molecule has 1 saturated heterocycles. The Morgan fingerprint density at radius 2 is 1.92 bits per heavy atom. The minimum atomic E-state index is 0. The third-order valence-corrected chi connectivity index (χ3v) is 5.90. The molecule has 4 nitrogen and oxygen atoms in total. The quantitative estimate of drug-likeness (QED) is 0.793. The predicted molar refractivity (Wildman–Crippen MR) is 103 cm³/mol. The molecular weight excluding hydrogens is 357 g/mol. The zero-order valence-corrected chi connectivity index (χ0v) is 16.0. The van der Waals surface area contributed by atoms with Gasteiger partial charge in [-0.2, -0.15) is 0 Å². The monoisotopic (exact) mass is 383 g/mol. The molecule has 25 heavy (non-hydrogen) atoms. The van der Waals surface area contributed by atoms with E-state index in [1.807, 2.05) is 18.2 Å². The Hall–Kier alpha value is -0.810. The molecule has 1 aromatic rings. The van der Waals surface area contributed by atoms with Crippen LogP contribution in [0.5, 0.6) is 0 Å². The van der Waals surface area contributed by atoms with Gasteiger partial charge in [-0.05, 0) is 49.1 Å². The maximum Gasteiger partial charge on any atom is 0.234 e. The number of piperazine rings is 1. The topological polar surface area (TPSA) is 44.4 Å². The summed E-state index contributed by atoms with van der Waals surface area (Å²) in [5.74, 6) is 1.66. The Morgan fingerprint density at radius 1 is 1.24 bits per heavy atom. The molecule has 1 aromatic carbocycles. The predicted octanol–water partition coefficient (Wildman–Crippen LogP) is 3.01. The van der Waals surface area contributed by atoms with E-state index in [4.69, 9.17) is 11.6 Å². The second kappa shape index (κ2) is 8.26. The summed E-state index contributed by atoms with van der Waals surface area (Å²) < 4.78 is 0. The molecule has 3 aliphatic rings. The standard InChI is InChI=1S/C19H26ClN3O.ClH/c20-16-4-2-1-3-15(16)17-11-21-9-10-23(17)12-18(24)22-19(13-5-6-13)14-7-8-14;/h1-4,13-14,17,19,21H,5-12H2,(H,22,24);1H. The summed E-state index contributed by atoms with van der Waals surface area (Å²) in [6, 6.07) is 8.57. The number of amides is 1. The van der Waals surface area contributed by atoms with Crippen LogP contribution in [0.2, 0.25) is 5.02 Å². The largest absolute Gasteiger partial charge is 0.352 e. The van der Waals surface area contributed by atoms with Crippen molar-refractivity contribution >= 4 is 29.9 Å². The number of rotatable bonds is 6. The van der Waals surface area contributed by atoms with E-state index < -0.39 is 0 Å². The molecule has 0 aromatic heterocycles. The molecule has 0 spiro atoms. The van der Waals surface area contributed by atoms with E-state index in [1.165, 1.54) is 25.7 Å². The van der Waals surface area contributed by atoms with Gasteiger partial charge in [0.25, 0.3) is 0 Å². The Kier molecular flexibility index (Phi) is 6.26. The molecule has 6 heteroatoms. The lowest BCUT2D eigenvalue weighted by Crippen LogP contribution is -2.51. The third-order valence-electron chi connectivity index (χ3n) is 5.55. The average molecular weight is 384 g/mol. The molecule has 1 atom stereocenters. The van der Waals surface area contributed by atoms with Crippen LogP contribution in [0.4, 0.5) is 0 Å². The Bertz CT molecular complexity index is 592. The Morgan fingerprint density at radius 3 is 2.56 bits per heavy atom. The zero-order chi connectivity index (χ0) is 16.5. The number of benzene rings is 1. The molecular formula is C19H27Cl2N3O. The molecule has 1 unspecified atom stereocenters. The molecule has 1 heterocycles. The summed E-state index contributed by atoms with van der Waals surface area (Å²) >= 11 is 6.39. The first-order chi connectivity index (χ1) is 11.7. The molecule has 138 valence electrons. The van der Waals surface area contributed by atoms with Crippen molar-refractivity contribution in [1.29, 1.82) is 0 Å². The van der Waals surface area contributed by atoms with Gasteiger partial charge in [0.1, 0.15) is 0 Å². The fraction of sp³-hybridized carbons (Fsp3) is 0.632. The average Bonchev–Trinajstić information content (AvgIpc) is 3.48. The molecule has 0 radical (unpaired) electrons. The molecule has 2 aliphatic carbocycles. The maximum absolute atomic E-state index is 12.6. The van der Waals surface area contributed by atoms with E-state index in [1.54, 1.807) is 0 Å². The molecule has 2 saturated carbocycles. The summed E-state index contributed by atoms with van der Waals surface area (Å²) in [7, 11) is 0. The lowest BCUT2D eigenvalue weighted by molar-refractivity contribution is -0.124. The van der Waals surface area contributed by atoms with Crippen LogP contribution < -0.4 is 10.6 Å². The smallest absolute Gasteiger partial charge is 0.234 e. The van der Waals surface area contributed by atoms with E-state index in [9.17, 15) is 4.79 Å². The van der Waals surface area contributed by atoms with Crippen molar-refractivity contribution in [3.05, 3.63) is 34.9 Å². The van der Waals surface area contributed by atoms with Gasteiger partial charge >= 0.3 is 0 Å². The van der Waals surface area contributed by atoms with Gasteiger partial charge in [0, 0.05) is 36.7 Å². The minimum Gasteiger partial charge on any atom is -0.352 e. The van der Waals surface area contributed by atoms with Crippen LogP contribution in [-0.4, -0.2) is 43.0 Å². The van der Waals surface area contributed by atoms with E-state index in [-0.39, 0.29) is 24.4 Å². The zero-order valence-electron chi connectivity index (χ0n) is 14.4. The molecule has 1 amide bonds. The van der Waals surface area contributed by atoms with Crippen LogP contribution in [0.15, 0.2) is 24.3 Å². The number of halogens is 2. The SMILES string of the molecule is Cl.O=C(CN1CCNCC1c1ccccc1Cl)NC(C1CC1)C1CC1. The number of hydrogen-bond acceptors (Lipinski definition) is 3. The van der Waals surface area contributed by atoms with Crippen molar-refractivity contribution in [3.8, 4) is 0 Å². The number of hydrogen-bond donors (Lipinski definition) is 2. The summed E-state index contributed by atoms with van der Waals surface area (Å²) in [5.41, 5.74) is 1.11. The lowest BCUT2D eigenvalue weighted by Gasteiger charge is -2.36. The summed E-state index contributed by atoms with van der Waals surface area (Å²) in [5, 5.41) is 7.55. The van der Waals surface area contributed by atoms with Gasteiger partial charge in [-0.15, -0.1) is 12.4 Å². The van der Waals surface area contributed by atoms with Gasteiger partial charge < -0.3 is 10.6 Å². The van der Waals surface area contributed by atoms with E-state index in [2.05, 4.69) is 21.6 Å². The first-order valence-electron chi connectivity index (χ1n) is 9.21. The van der Waals surface area contributed by atoms with Crippen LogP contribution in [0.1, 0.15) is 37.3 Å². The van der Waals surface area contributed by atoms with E-state index in [0.29, 0.717) is 12.6 Å². The summed E-state index contributed by atoms with van der Waals surface area (Å²) in [4.78, 5) is 14.9. The summed E-state index contributed by atoms with van der Waals surface area (Å²) in [6.45, 7) is 3.10. The second-order valence-electron chi connectivity index (χ2n) is 7.48. The number of carbonyl (C=O) groups excluding carboxylic acids is 1. The second-order valence-corrected chi connectivity index (χ2v) is 7.89. The Labute approximate surface area is 161 Å². The van der Waals surface area contributed by atoms with Crippen molar-refractivity contribution in [3.63, 3.8) is 0 Å². The van der Waals surface area contributed by atoms with Gasteiger partial charge in [-0.1, -0.05) is 29.8 Å². The molecule has 1 aliphatic heterocycles. The van der Waals surface area contributed by atoms with Crippen molar-refractivity contribution in [2.75, 3.05) is 26.2 Å². The van der Waals surface area contributed by atoms with Crippen LogP contribution in [0.25, 0.3) is 0 Å². The van der Waals surface area contributed by atoms with Gasteiger partial charge in [0.05, 0.1) is 6.54 Å². The molecule has 3 fully saturated rings.